The lowest BCUT2D eigenvalue weighted by molar-refractivity contribution is -0.127. The van der Waals surface area contributed by atoms with Crippen molar-refractivity contribution in [1.82, 2.24) is 4.90 Å². The Balaban J connectivity index is 1.65. The number of hydrogen-bond donors (Lipinski definition) is 1. The summed E-state index contributed by atoms with van der Waals surface area (Å²) in [6, 6.07) is 9.34. The minimum Gasteiger partial charge on any atom is -0.342 e. The van der Waals surface area contributed by atoms with Gasteiger partial charge in [0.2, 0.25) is 11.8 Å². The van der Waals surface area contributed by atoms with Gasteiger partial charge in [-0.2, -0.15) is 0 Å². The van der Waals surface area contributed by atoms with Gasteiger partial charge >= 0.3 is 0 Å². The molecule has 0 unspecified atom stereocenters. The number of nitrogens with zero attached hydrogens (tertiary/aromatic N) is 1. The van der Waals surface area contributed by atoms with Crippen molar-refractivity contribution in [3.8, 4) is 0 Å². The topological polar surface area (TPSA) is 49.4 Å². The van der Waals surface area contributed by atoms with Crippen LogP contribution in [-0.4, -0.2) is 41.3 Å². The van der Waals surface area contributed by atoms with Gasteiger partial charge in [-0.3, -0.25) is 9.59 Å². The van der Waals surface area contributed by atoms with Gasteiger partial charge in [0, 0.05) is 18.8 Å². The fourth-order valence-electron chi connectivity index (χ4n) is 2.01. The number of likely N-dealkylation sites (tertiary alicyclic amines) is 1. The molecule has 1 aliphatic heterocycles. The van der Waals surface area contributed by atoms with E-state index in [1.165, 1.54) is 11.8 Å². The number of benzene rings is 1. The summed E-state index contributed by atoms with van der Waals surface area (Å²) >= 11 is 1.37. The molecule has 1 aromatic carbocycles. The molecule has 0 bridgehead atoms. The molecule has 4 nitrogen and oxygen atoms in total. The molecule has 102 valence electrons. The molecular formula is C14H18N2O2S. The predicted molar refractivity (Wildman–Crippen MR) is 78.2 cm³/mol. The van der Waals surface area contributed by atoms with Crippen molar-refractivity contribution in [3.63, 3.8) is 0 Å². The maximum Gasteiger partial charge on any atom is 0.234 e. The molecular weight excluding hydrogens is 260 g/mol. The molecule has 1 heterocycles. The van der Waals surface area contributed by atoms with Crippen molar-refractivity contribution in [3.05, 3.63) is 30.3 Å². The van der Waals surface area contributed by atoms with E-state index < -0.39 is 0 Å². The van der Waals surface area contributed by atoms with E-state index in [4.69, 9.17) is 0 Å². The summed E-state index contributed by atoms with van der Waals surface area (Å²) in [6.45, 7) is 1.74. The van der Waals surface area contributed by atoms with E-state index in [-0.39, 0.29) is 11.8 Å². The number of rotatable bonds is 5. The fourth-order valence-corrected chi connectivity index (χ4v) is 2.72. The zero-order valence-corrected chi connectivity index (χ0v) is 11.6. The van der Waals surface area contributed by atoms with Gasteiger partial charge in [-0.15, -0.1) is 11.8 Å². The second-order valence-electron chi connectivity index (χ2n) is 4.49. The molecule has 2 amide bonds. The van der Waals surface area contributed by atoms with E-state index in [2.05, 4.69) is 5.32 Å². The van der Waals surface area contributed by atoms with Gasteiger partial charge in [0.1, 0.15) is 0 Å². The third-order valence-electron chi connectivity index (χ3n) is 2.98. The second kappa shape index (κ2) is 7.19. The first-order valence-corrected chi connectivity index (χ1v) is 7.61. The highest BCUT2D eigenvalue weighted by Gasteiger charge is 2.17. The number of anilines is 1. The van der Waals surface area contributed by atoms with Crippen LogP contribution < -0.4 is 5.32 Å². The SMILES string of the molecule is O=C(CSCC(=O)N1CCCC1)Nc1ccccc1. The van der Waals surface area contributed by atoms with E-state index in [9.17, 15) is 9.59 Å². The van der Waals surface area contributed by atoms with Crippen LogP contribution in [0.25, 0.3) is 0 Å². The zero-order valence-electron chi connectivity index (χ0n) is 10.8. The molecule has 2 rings (SSSR count). The maximum atomic E-state index is 11.8. The summed E-state index contributed by atoms with van der Waals surface area (Å²) in [7, 11) is 0. The fraction of sp³-hybridized carbons (Fsp3) is 0.429. The smallest absolute Gasteiger partial charge is 0.234 e. The van der Waals surface area contributed by atoms with Gasteiger partial charge in [0.15, 0.2) is 0 Å². The number of carbonyl (C=O) groups excluding carboxylic acids is 2. The van der Waals surface area contributed by atoms with Crippen LogP contribution in [0.5, 0.6) is 0 Å². The Bertz CT molecular complexity index is 430. The number of para-hydroxylation sites is 1. The minimum absolute atomic E-state index is 0.0644. The Kier molecular flexibility index (Phi) is 5.27. The molecule has 1 aliphatic rings. The lowest BCUT2D eigenvalue weighted by atomic mass is 10.3. The molecule has 0 saturated carbocycles. The van der Waals surface area contributed by atoms with Crippen LogP contribution in [0.4, 0.5) is 5.69 Å². The molecule has 1 aromatic rings. The first-order chi connectivity index (χ1) is 9.25. The number of nitrogens with one attached hydrogen (secondary N) is 1. The normalized spacial score (nSPS) is 14.4. The second-order valence-corrected chi connectivity index (χ2v) is 5.48. The highest BCUT2D eigenvalue weighted by Crippen LogP contribution is 2.11. The zero-order chi connectivity index (χ0) is 13.5. The number of amides is 2. The molecule has 1 N–H and O–H groups in total. The molecule has 0 aromatic heterocycles. The van der Waals surface area contributed by atoms with Crippen LogP contribution in [-0.2, 0) is 9.59 Å². The highest BCUT2D eigenvalue weighted by atomic mass is 32.2. The average Bonchev–Trinajstić information content (AvgIpc) is 2.93. The Morgan fingerprint density at radius 3 is 2.47 bits per heavy atom. The third kappa shape index (κ3) is 4.59. The van der Waals surface area contributed by atoms with Gasteiger partial charge in [-0.1, -0.05) is 18.2 Å². The number of carbonyl (C=O) groups is 2. The lowest BCUT2D eigenvalue weighted by Gasteiger charge is -2.14. The van der Waals surface area contributed by atoms with Crippen LogP contribution in [0.1, 0.15) is 12.8 Å². The number of hydrogen-bond acceptors (Lipinski definition) is 3. The number of thioether (sulfide) groups is 1. The summed E-state index contributed by atoms with van der Waals surface area (Å²) in [4.78, 5) is 25.3. The molecule has 5 heteroatoms. The Hall–Kier alpha value is -1.49. The first-order valence-electron chi connectivity index (χ1n) is 6.46. The van der Waals surface area contributed by atoms with E-state index in [1.807, 2.05) is 35.2 Å². The monoisotopic (exact) mass is 278 g/mol. The predicted octanol–water partition coefficient (Wildman–Crippen LogP) is 1.98. The molecule has 19 heavy (non-hydrogen) atoms. The maximum absolute atomic E-state index is 11.8. The molecule has 1 fully saturated rings. The molecule has 0 aliphatic carbocycles. The van der Waals surface area contributed by atoms with Crippen molar-refractivity contribution < 1.29 is 9.59 Å². The lowest BCUT2D eigenvalue weighted by Crippen LogP contribution is -2.29. The standard InChI is InChI=1S/C14H18N2O2S/c17-13(15-12-6-2-1-3-7-12)10-19-11-14(18)16-8-4-5-9-16/h1-3,6-7H,4-5,8-11H2,(H,15,17). The van der Waals surface area contributed by atoms with Crippen LogP contribution in [0.3, 0.4) is 0 Å². The van der Waals surface area contributed by atoms with E-state index in [0.29, 0.717) is 11.5 Å². The molecule has 0 radical (unpaired) electrons. The highest BCUT2D eigenvalue weighted by molar-refractivity contribution is 8.00. The minimum atomic E-state index is -0.0644. The van der Waals surface area contributed by atoms with Crippen LogP contribution in [0, 0.1) is 0 Å². The summed E-state index contributed by atoms with van der Waals surface area (Å²) in [5, 5.41) is 2.80. The van der Waals surface area contributed by atoms with Crippen LogP contribution >= 0.6 is 11.8 Å². The van der Waals surface area contributed by atoms with Gasteiger partial charge in [0.05, 0.1) is 11.5 Å². The summed E-state index contributed by atoms with van der Waals surface area (Å²) < 4.78 is 0. The summed E-state index contributed by atoms with van der Waals surface area (Å²) in [5.41, 5.74) is 0.791. The van der Waals surface area contributed by atoms with Crippen molar-refractivity contribution in [2.45, 2.75) is 12.8 Å². The van der Waals surface area contributed by atoms with Gasteiger partial charge in [0.25, 0.3) is 0 Å². The van der Waals surface area contributed by atoms with Gasteiger partial charge in [-0.25, -0.2) is 0 Å². The molecule has 1 saturated heterocycles. The summed E-state index contributed by atoms with van der Waals surface area (Å²) in [6.07, 6.45) is 2.20. The Morgan fingerprint density at radius 2 is 1.79 bits per heavy atom. The molecule has 0 atom stereocenters. The largest absolute Gasteiger partial charge is 0.342 e. The van der Waals surface area contributed by atoms with Gasteiger partial charge in [-0.05, 0) is 25.0 Å². The third-order valence-corrected chi connectivity index (χ3v) is 3.89. The van der Waals surface area contributed by atoms with Crippen molar-refractivity contribution in [2.75, 3.05) is 29.9 Å². The quantitative estimate of drug-likeness (QED) is 0.896. The van der Waals surface area contributed by atoms with Crippen molar-refractivity contribution in [1.29, 1.82) is 0 Å². The van der Waals surface area contributed by atoms with E-state index >= 15 is 0 Å². The van der Waals surface area contributed by atoms with Gasteiger partial charge < -0.3 is 10.2 Å². The van der Waals surface area contributed by atoms with Crippen molar-refractivity contribution in [2.24, 2.45) is 0 Å². The summed E-state index contributed by atoms with van der Waals surface area (Å²) in [5.74, 6) is 0.789. The van der Waals surface area contributed by atoms with E-state index in [0.717, 1.165) is 31.6 Å². The average molecular weight is 278 g/mol. The first kappa shape index (κ1) is 13.9. The van der Waals surface area contributed by atoms with Crippen LogP contribution in [0.2, 0.25) is 0 Å². The Morgan fingerprint density at radius 1 is 1.11 bits per heavy atom. The van der Waals surface area contributed by atoms with Crippen molar-refractivity contribution >= 4 is 29.3 Å². The van der Waals surface area contributed by atoms with Crippen LogP contribution in [0.15, 0.2) is 30.3 Å². The Labute approximate surface area is 117 Å². The van der Waals surface area contributed by atoms with E-state index in [1.54, 1.807) is 0 Å². The molecule has 0 spiro atoms.